The number of carboxylic acid groups (broad SMARTS) is 1. The van der Waals surface area contributed by atoms with Gasteiger partial charge in [-0.15, -0.1) is 0 Å². The van der Waals surface area contributed by atoms with Gasteiger partial charge in [0, 0.05) is 33.3 Å². The number of ether oxygens (including phenoxy) is 1. The van der Waals surface area contributed by atoms with Gasteiger partial charge in [-0.25, -0.2) is 4.79 Å². The van der Waals surface area contributed by atoms with E-state index in [9.17, 15) is 9.59 Å². The van der Waals surface area contributed by atoms with Crippen molar-refractivity contribution >= 4 is 11.9 Å². The molecule has 0 radical (unpaired) electrons. The molecule has 18 heavy (non-hydrogen) atoms. The van der Waals surface area contributed by atoms with Crippen LogP contribution in [0.1, 0.15) is 16.9 Å². The Labute approximate surface area is 104 Å². The summed E-state index contributed by atoms with van der Waals surface area (Å²) in [6.07, 6.45) is 1.59. The van der Waals surface area contributed by atoms with Crippen molar-refractivity contribution in [1.82, 2.24) is 14.7 Å². The molecule has 1 aliphatic rings. The Morgan fingerprint density at radius 1 is 1.56 bits per heavy atom. The van der Waals surface area contributed by atoms with Crippen LogP contribution in [0.15, 0.2) is 12.3 Å². The van der Waals surface area contributed by atoms with Crippen molar-refractivity contribution in [3.05, 3.63) is 18.0 Å². The van der Waals surface area contributed by atoms with E-state index in [2.05, 4.69) is 5.10 Å². The average molecular weight is 253 g/mol. The summed E-state index contributed by atoms with van der Waals surface area (Å²) in [5, 5.41) is 13.0. The van der Waals surface area contributed by atoms with Crippen LogP contribution >= 0.6 is 0 Å². The van der Waals surface area contributed by atoms with Gasteiger partial charge in [-0.05, 0) is 6.07 Å². The lowest BCUT2D eigenvalue weighted by Crippen LogP contribution is -2.41. The zero-order valence-electron chi connectivity index (χ0n) is 10.2. The monoisotopic (exact) mass is 253 g/mol. The predicted molar refractivity (Wildman–Crippen MR) is 61.1 cm³/mol. The maximum absolute atomic E-state index is 12.3. The van der Waals surface area contributed by atoms with Crippen molar-refractivity contribution in [2.45, 2.75) is 18.6 Å². The minimum Gasteiger partial charge on any atom is -0.480 e. The molecule has 2 unspecified atom stereocenters. The fraction of sp³-hybridized carbons (Fsp3) is 0.545. The van der Waals surface area contributed by atoms with Crippen molar-refractivity contribution in [2.75, 3.05) is 13.7 Å². The first-order chi connectivity index (χ1) is 8.54. The molecular weight excluding hydrogens is 238 g/mol. The lowest BCUT2D eigenvalue weighted by atomic mass is 10.2. The molecule has 0 aromatic carbocycles. The molecule has 1 saturated heterocycles. The molecule has 7 heteroatoms. The molecule has 2 heterocycles. The first-order valence-corrected chi connectivity index (χ1v) is 5.59. The van der Waals surface area contributed by atoms with E-state index in [1.165, 1.54) is 22.9 Å². The van der Waals surface area contributed by atoms with Gasteiger partial charge < -0.3 is 14.7 Å². The Morgan fingerprint density at radius 2 is 2.28 bits per heavy atom. The lowest BCUT2D eigenvalue weighted by Gasteiger charge is -2.20. The zero-order valence-corrected chi connectivity index (χ0v) is 10.2. The number of aliphatic carboxylic acids is 1. The van der Waals surface area contributed by atoms with E-state index in [0.717, 1.165) is 0 Å². The number of carboxylic acids is 1. The normalized spacial score (nSPS) is 23.3. The number of aromatic nitrogens is 2. The molecule has 0 bridgehead atoms. The van der Waals surface area contributed by atoms with E-state index < -0.39 is 12.0 Å². The first-order valence-electron chi connectivity index (χ1n) is 5.59. The summed E-state index contributed by atoms with van der Waals surface area (Å²) in [6.45, 7) is 0.289. The van der Waals surface area contributed by atoms with Gasteiger partial charge in [-0.2, -0.15) is 5.10 Å². The number of rotatable bonds is 3. The number of amides is 1. The highest BCUT2D eigenvalue weighted by Crippen LogP contribution is 2.22. The van der Waals surface area contributed by atoms with Gasteiger partial charge in [0.2, 0.25) is 0 Å². The summed E-state index contributed by atoms with van der Waals surface area (Å²) in [5.74, 6) is -1.34. The van der Waals surface area contributed by atoms with Crippen molar-refractivity contribution in [3.8, 4) is 0 Å². The van der Waals surface area contributed by atoms with Crippen molar-refractivity contribution in [2.24, 2.45) is 7.05 Å². The summed E-state index contributed by atoms with van der Waals surface area (Å²) in [5.41, 5.74) is 0.373. The highest BCUT2D eigenvalue weighted by Gasteiger charge is 2.40. The van der Waals surface area contributed by atoms with Gasteiger partial charge in [-0.1, -0.05) is 0 Å². The number of aryl methyl sites for hydroxylation is 1. The second kappa shape index (κ2) is 4.77. The minimum atomic E-state index is -1.01. The molecule has 1 aliphatic heterocycles. The van der Waals surface area contributed by atoms with Crippen LogP contribution in [0.5, 0.6) is 0 Å². The van der Waals surface area contributed by atoms with Crippen molar-refractivity contribution in [3.63, 3.8) is 0 Å². The van der Waals surface area contributed by atoms with E-state index in [1.54, 1.807) is 13.1 Å². The molecule has 2 atom stereocenters. The maximum atomic E-state index is 12.3. The van der Waals surface area contributed by atoms with E-state index in [-0.39, 0.29) is 18.6 Å². The molecule has 98 valence electrons. The summed E-state index contributed by atoms with van der Waals surface area (Å²) in [6, 6.07) is 0.735. The van der Waals surface area contributed by atoms with Gasteiger partial charge in [0.1, 0.15) is 11.7 Å². The predicted octanol–water partition coefficient (Wildman–Crippen LogP) is -0.266. The number of hydrogen-bond donors (Lipinski definition) is 1. The minimum absolute atomic E-state index is 0.233. The topological polar surface area (TPSA) is 84.7 Å². The van der Waals surface area contributed by atoms with E-state index in [0.29, 0.717) is 12.1 Å². The summed E-state index contributed by atoms with van der Waals surface area (Å²) >= 11 is 0. The number of likely N-dealkylation sites (tertiary alicyclic amines) is 1. The quantitative estimate of drug-likeness (QED) is 0.801. The summed E-state index contributed by atoms with van der Waals surface area (Å²) < 4.78 is 6.57. The van der Waals surface area contributed by atoms with E-state index in [4.69, 9.17) is 9.84 Å². The molecule has 0 spiro atoms. The third-order valence-corrected chi connectivity index (χ3v) is 3.18. The lowest BCUT2D eigenvalue weighted by molar-refractivity contribution is -0.141. The Hall–Kier alpha value is -1.89. The Balaban J connectivity index is 2.23. The van der Waals surface area contributed by atoms with E-state index in [1.807, 2.05) is 0 Å². The standard InChI is InChI=1S/C11H15N3O4/c1-13-8(3-4-12-13)10(15)14-6-7(18-2)5-9(14)11(16)17/h3-4,7,9H,5-6H2,1-2H3,(H,16,17). The van der Waals surface area contributed by atoms with Gasteiger partial charge in [0.05, 0.1) is 6.10 Å². The van der Waals surface area contributed by atoms with Gasteiger partial charge >= 0.3 is 5.97 Å². The van der Waals surface area contributed by atoms with Crippen LogP contribution in [0.3, 0.4) is 0 Å². The SMILES string of the molecule is COC1CC(C(=O)O)N(C(=O)c2ccnn2C)C1. The fourth-order valence-corrected chi connectivity index (χ4v) is 2.16. The third-order valence-electron chi connectivity index (χ3n) is 3.18. The molecule has 2 rings (SSSR count). The number of carbonyl (C=O) groups excluding carboxylic acids is 1. The number of methoxy groups -OCH3 is 1. The fourth-order valence-electron chi connectivity index (χ4n) is 2.16. The Bertz CT molecular complexity index is 471. The molecule has 1 aromatic heterocycles. The molecule has 7 nitrogen and oxygen atoms in total. The highest BCUT2D eigenvalue weighted by molar-refractivity contribution is 5.95. The molecule has 1 aromatic rings. The van der Waals surface area contributed by atoms with Crippen LogP contribution in [-0.4, -0.2) is 57.5 Å². The van der Waals surface area contributed by atoms with Gasteiger partial charge in [0.25, 0.3) is 5.91 Å². The second-order valence-electron chi connectivity index (χ2n) is 4.25. The van der Waals surface area contributed by atoms with Gasteiger partial charge in [0.15, 0.2) is 0 Å². The van der Waals surface area contributed by atoms with Crippen LogP contribution in [-0.2, 0) is 16.6 Å². The molecule has 0 saturated carbocycles. The maximum Gasteiger partial charge on any atom is 0.326 e. The second-order valence-corrected chi connectivity index (χ2v) is 4.25. The van der Waals surface area contributed by atoms with E-state index >= 15 is 0 Å². The van der Waals surface area contributed by atoms with Crippen molar-refractivity contribution in [1.29, 1.82) is 0 Å². The molecule has 1 fully saturated rings. The number of carbonyl (C=O) groups is 2. The third kappa shape index (κ3) is 2.08. The van der Waals surface area contributed by atoms with Gasteiger partial charge in [-0.3, -0.25) is 9.48 Å². The zero-order chi connectivity index (χ0) is 13.3. The van der Waals surface area contributed by atoms with Crippen LogP contribution in [0.4, 0.5) is 0 Å². The van der Waals surface area contributed by atoms with Crippen LogP contribution < -0.4 is 0 Å². The molecule has 0 aliphatic carbocycles. The highest BCUT2D eigenvalue weighted by atomic mass is 16.5. The molecule has 1 N–H and O–H groups in total. The average Bonchev–Trinajstić information content (AvgIpc) is 2.93. The molecular formula is C11H15N3O4. The van der Waals surface area contributed by atoms with Crippen LogP contribution in [0.2, 0.25) is 0 Å². The first kappa shape index (κ1) is 12.6. The largest absolute Gasteiger partial charge is 0.480 e. The smallest absolute Gasteiger partial charge is 0.326 e. The summed E-state index contributed by atoms with van der Waals surface area (Å²) in [4.78, 5) is 24.7. The number of hydrogen-bond acceptors (Lipinski definition) is 4. The Kier molecular flexibility index (Phi) is 3.33. The number of nitrogens with zero attached hydrogens (tertiary/aromatic N) is 3. The Morgan fingerprint density at radius 3 is 2.78 bits per heavy atom. The summed E-state index contributed by atoms with van der Waals surface area (Å²) in [7, 11) is 3.16. The van der Waals surface area contributed by atoms with Crippen LogP contribution in [0.25, 0.3) is 0 Å². The molecule has 1 amide bonds. The van der Waals surface area contributed by atoms with Crippen LogP contribution in [0, 0.1) is 0 Å². The van der Waals surface area contributed by atoms with Crippen molar-refractivity contribution < 1.29 is 19.4 Å².